The molecule has 0 saturated carbocycles. The van der Waals surface area contributed by atoms with Crippen LogP contribution < -0.4 is 15.4 Å². The van der Waals surface area contributed by atoms with Crippen LogP contribution in [-0.4, -0.2) is 76.4 Å². The number of carbonyl (C=O) groups is 1. The van der Waals surface area contributed by atoms with Crippen molar-refractivity contribution in [3.05, 3.63) is 60.2 Å². The number of methoxy groups -OCH3 is 1. The van der Waals surface area contributed by atoms with E-state index in [-0.39, 0.29) is 11.8 Å². The smallest absolute Gasteiger partial charge is 0.251 e. The topological polar surface area (TPSA) is 110 Å². The molecule has 198 valence electrons. The van der Waals surface area contributed by atoms with Gasteiger partial charge in [-0.3, -0.25) is 4.79 Å². The zero-order valence-corrected chi connectivity index (χ0v) is 22.3. The van der Waals surface area contributed by atoms with E-state index in [1.54, 1.807) is 26.6 Å². The summed E-state index contributed by atoms with van der Waals surface area (Å²) in [6.07, 6.45) is 7.49. The summed E-state index contributed by atoms with van der Waals surface area (Å²) in [5, 5.41) is 11.7. The van der Waals surface area contributed by atoms with Gasteiger partial charge < -0.3 is 20.3 Å². The lowest BCUT2D eigenvalue weighted by molar-refractivity contribution is 0.0962. The van der Waals surface area contributed by atoms with E-state index in [0.29, 0.717) is 23.9 Å². The molecule has 4 aromatic rings. The molecule has 38 heavy (non-hydrogen) atoms. The van der Waals surface area contributed by atoms with Crippen LogP contribution in [0.1, 0.15) is 47.6 Å². The van der Waals surface area contributed by atoms with E-state index in [0.717, 1.165) is 59.6 Å². The number of piperidine rings is 1. The lowest BCUT2D eigenvalue weighted by Crippen LogP contribution is -2.31. The maximum absolute atomic E-state index is 12.0. The number of anilines is 1. The van der Waals surface area contributed by atoms with Crippen LogP contribution in [0.25, 0.3) is 22.3 Å². The van der Waals surface area contributed by atoms with Crippen molar-refractivity contribution in [3.8, 4) is 17.0 Å². The molecule has 0 radical (unpaired) electrons. The Bertz CT molecular complexity index is 1430. The number of carbonyl (C=O) groups excluding carboxylic acids is 1. The van der Waals surface area contributed by atoms with E-state index < -0.39 is 0 Å². The number of rotatable bonds is 8. The lowest BCUT2D eigenvalue weighted by Gasteiger charge is -2.29. The van der Waals surface area contributed by atoms with Gasteiger partial charge in [-0.15, -0.1) is 0 Å². The number of ether oxygens (including phenoxy) is 1. The number of aromatic nitrogens is 5. The fourth-order valence-electron chi connectivity index (χ4n) is 4.97. The largest absolute Gasteiger partial charge is 0.496 e. The van der Waals surface area contributed by atoms with Crippen LogP contribution in [-0.2, 0) is 0 Å². The molecule has 2 N–H and O–H groups in total. The van der Waals surface area contributed by atoms with Gasteiger partial charge in [0.1, 0.15) is 17.9 Å². The third-order valence-electron chi connectivity index (χ3n) is 7.27. The van der Waals surface area contributed by atoms with Crippen molar-refractivity contribution in [2.24, 2.45) is 0 Å². The lowest BCUT2D eigenvalue weighted by atomic mass is 9.98. The zero-order valence-electron chi connectivity index (χ0n) is 22.3. The Hall–Kier alpha value is -4.05. The number of nitrogens with zero attached hydrogens (tertiary/aromatic N) is 6. The van der Waals surface area contributed by atoms with Crippen molar-refractivity contribution in [2.45, 2.75) is 31.7 Å². The second-order valence-corrected chi connectivity index (χ2v) is 9.87. The molecule has 10 nitrogen and oxygen atoms in total. The average Bonchev–Trinajstić information content (AvgIpc) is 3.39. The van der Waals surface area contributed by atoms with Gasteiger partial charge in [-0.2, -0.15) is 5.10 Å². The quantitative estimate of drug-likeness (QED) is 0.366. The second-order valence-electron chi connectivity index (χ2n) is 9.87. The highest BCUT2D eigenvalue weighted by atomic mass is 16.5. The number of fused-ring (bicyclic) bond motifs is 1. The molecule has 1 aromatic carbocycles. The van der Waals surface area contributed by atoms with Crippen LogP contribution in [0.15, 0.2) is 49.1 Å². The second kappa shape index (κ2) is 11.1. The zero-order chi connectivity index (χ0) is 26.6. The van der Waals surface area contributed by atoms with Gasteiger partial charge in [-0.05, 0) is 56.7 Å². The molecule has 0 spiro atoms. The van der Waals surface area contributed by atoms with Crippen LogP contribution in [0.3, 0.4) is 0 Å². The predicted molar refractivity (Wildman–Crippen MR) is 148 cm³/mol. The van der Waals surface area contributed by atoms with Crippen LogP contribution in [0, 0.1) is 0 Å². The number of benzene rings is 1. The van der Waals surface area contributed by atoms with Crippen molar-refractivity contribution < 1.29 is 9.53 Å². The van der Waals surface area contributed by atoms with Crippen LogP contribution >= 0.6 is 0 Å². The predicted octanol–water partition coefficient (Wildman–Crippen LogP) is 3.74. The first kappa shape index (κ1) is 25.6. The molecular weight excluding hydrogens is 480 g/mol. The molecule has 4 heterocycles. The first-order valence-electron chi connectivity index (χ1n) is 12.9. The number of amides is 1. The Labute approximate surface area is 222 Å². The fourth-order valence-corrected chi connectivity index (χ4v) is 4.97. The highest BCUT2D eigenvalue weighted by Crippen LogP contribution is 2.29. The summed E-state index contributed by atoms with van der Waals surface area (Å²) in [7, 11) is 5.39. The number of nitrogens with one attached hydrogen (secondary N) is 2. The Morgan fingerprint density at radius 1 is 1.13 bits per heavy atom. The van der Waals surface area contributed by atoms with Gasteiger partial charge in [0.2, 0.25) is 0 Å². The van der Waals surface area contributed by atoms with Gasteiger partial charge in [-0.1, -0.05) is 13.0 Å². The molecule has 1 saturated heterocycles. The average molecular weight is 515 g/mol. The van der Waals surface area contributed by atoms with Gasteiger partial charge in [0.25, 0.3) is 5.91 Å². The minimum atomic E-state index is -0.143. The van der Waals surface area contributed by atoms with Gasteiger partial charge in [-0.25, -0.2) is 19.6 Å². The first-order chi connectivity index (χ1) is 18.5. The minimum absolute atomic E-state index is 0.116. The third kappa shape index (κ3) is 5.31. The van der Waals surface area contributed by atoms with E-state index in [2.05, 4.69) is 55.3 Å². The number of pyridine rings is 1. The van der Waals surface area contributed by atoms with Gasteiger partial charge in [0, 0.05) is 48.3 Å². The molecule has 1 aliphatic heterocycles. The van der Waals surface area contributed by atoms with Crippen molar-refractivity contribution in [3.63, 3.8) is 0 Å². The van der Waals surface area contributed by atoms with Crippen molar-refractivity contribution >= 4 is 22.8 Å². The van der Waals surface area contributed by atoms with Crippen LogP contribution in [0.5, 0.6) is 5.75 Å². The third-order valence-corrected chi connectivity index (χ3v) is 7.27. The molecule has 1 fully saturated rings. The number of likely N-dealkylation sites (tertiary alicyclic amines) is 1. The minimum Gasteiger partial charge on any atom is -0.496 e. The Kier molecular flexibility index (Phi) is 7.50. The van der Waals surface area contributed by atoms with E-state index >= 15 is 0 Å². The highest BCUT2D eigenvalue weighted by Gasteiger charge is 2.21. The normalized spacial score (nSPS) is 15.4. The Morgan fingerprint density at radius 3 is 2.71 bits per heavy atom. The summed E-state index contributed by atoms with van der Waals surface area (Å²) in [5.74, 6) is 1.38. The molecule has 1 amide bonds. The fraction of sp³-hybridized carbons (Fsp3) is 0.393. The van der Waals surface area contributed by atoms with Crippen molar-refractivity contribution in [1.82, 2.24) is 34.9 Å². The summed E-state index contributed by atoms with van der Waals surface area (Å²) < 4.78 is 7.64. The van der Waals surface area contributed by atoms with E-state index in [1.807, 2.05) is 30.6 Å². The number of hydrogen-bond acceptors (Lipinski definition) is 8. The molecule has 5 rings (SSSR count). The van der Waals surface area contributed by atoms with Gasteiger partial charge >= 0.3 is 0 Å². The molecule has 1 aliphatic rings. The van der Waals surface area contributed by atoms with E-state index in [9.17, 15) is 4.79 Å². The standard InChI is InChI=1S/C28H34N8O2/c1-18(23-6-5-19(28(37)29-2)12-25(23)38-4)14-30-26-13-24(32-17-33-26)20-11-21-16-34-36(27(21)31-15-20)22-7-9-35(3)10-8-22/h5-6,11-13,15-18,22H,7-10,14H2,1-4H3,(H,29,37)(H,30,32,33). The van der Waals surface area contributed by atoms with Crippen LogP contribution in [0.4, 0.5) is 5.82 Å². The van der Waals surface area contributed by atoms with Crippen molar-refractivity contribution in [2.75, 3.05) is 46.2 Å². The molecule has 1 atom stereocenters. The van der Waals surface area contributed by atoms with Gasteiger partial charge in [0.05, 0.1) is 25.0 Å². The summed E-state index contributed by atoms with van der Waals surface area (Å²) in [5.41, 5.74) is 4.21. The van der Waals surface area contributed by atoms with Crippen LogP contribution in [0.2, 0.25) is 0 Å². The summed E-state index contributed by atoms with van der Waals surface area (Å²) in [4.78, 5) is 28.0. The Balaban J connectivity index is 1.29. The van der Waals surface area contributed by atoms with Gasteiger partial charge in [0.15, 0.2) is 5.65 Å². The van der Waals surface area contributed by atoms with E-state index in [1.165, 1.54) is 0 Å². The monoisotopic (exact) mass is 514 g/mol. The summed E-state index contributed by atoms with van der Waals surface area (Å²) in [6, 6.07) is 9.93. The van der Waals surface area contributed by atoms with E-state index in [4.69, 9.17) is 9.72 Å². The highest BCUT2D eigenvalue weighted by molar-refractivity contribution is 5.94. The SMILES string of the molecule is CNC(=O)c1ccc(C(C)CNc2cc(-c3cnc4c(cnn4C4CCN(C)CC4)c3)ncn2)c(OC)c1. The van der Waals surface area contributed by atoms with Crippen molar-refractivity contribution in [1.29, 1.82) is 0 Å². The molecule has 0 aliphatic carbocycles. The summed E-state index contributed by atoms with van der Waals surface area (Å²) >= 11 is 0. The maximum Gasteiger partial charge on any atom is 0.251 e. The Morgan fingerprint density at radius 2 is 1.95 bits per heavy atom. The maximum atomic E-state index is 12.0. The number of hydrogen-bond donors (Lipinski definition) is 2. The first-order valence-corrected chi connectivity index (χ1v) is 12.9. The summed E-state index contributed by atoms with van der Waals surface area (Å²) in [6.45, 7) is 4.89. The molecular formula is C28H34N8O2. The molecule has 0 bridgehead atoms. The molecule has 3 aromatic heterocycles. The molecule has 1 unspecified atom stereocenters. The molecule has 10 heteroatoms.